The lowest BCUT2D eigenvalue weighted by atomic mass is 10.1. The highest BCUT2D eigenvalue weighted by molar-refractivity contribution is 6.35. The normalized spacial score (nSPS) is 10.4. The number of ether oxygens (including phenoxy) is 2. The molecule has 0 bridgehead atoms. The summed E-state index contributed by atoms with van der Waals surface area (Å²) >= 11 is 12.2. The zero-order chi connectivity index (χ0) is 21.5. The Morgan fingerprint density at radius 2 is 1.70 bits per heavy atom. The molecule has 0 spiro atoms. The second kappa shape index (κ2) is 10.2. The first-order valence-corrected chi connectivity index (χ1v) is 10.1. The van der Waals surface area contributed by atoms with Gasteiger partial charge in [0.15, 0.2) is 11.5 Å². The molecule has 0 saturated heterocycles. The van der Waals surface area contributed by atoms with Crippen LogP contribution < -0.4 is 20.1 Å². The van der Waals surface area contributed by atoms with Crippen molar-refractivity contribution in [2.75, 3.05) is 17.7 Å². The molecule has 2 N–H and O–H groups in total. The average molecular weight is 445 g/mol. The number of halogens is 2. The zero-order valence-corrected chi connectivity index (χ0v) is 18.2. The molecule has 3 rings (SSSR count). The maximum atomic E-state index is 11.1. The molecule has 7 heteroatoms. The number of benzene rings is 3. The summed E-state index contributed by atoms with van der Waals surface area (Å²) in [4.78, 5) is 11.1. The van der Waals surface area contributed by atoms with Crippen molar-refractivity contribution >= 4 is 40.5 Å². The molecule has 0 unspecified atom stereocenters. The maximum Gasteiger partial charge on any atom is 0.221 e. The first-order valence-electron chi connectivity index (χ1n) is 9.30. The van der Waals surface area contributed by atoms with Crippen LogP contribution in [0, 0.1) is 0 Å². The molecule has 0 radical (unpaired) electrons. The Hall–Kier alpha value is -2.89. The molecule has 5 nitrogen and oxygen atoms in total. The summed E-state index contributed by atoms with van der Waals surface area (Å²) in [6, 6.07) is 18.5. The Bertz CT molecular complexity index is 1020. The van der Waals surface area contributed by atoms with E-state index in [0.29, 0.717) is 28.1 Å². The predicted molar refractivity (Wildman–Crippen MR) is 122 cm³/mol. The van der Waals surface area contributed by atoms with Crippen LogP contribution in [0.15, 0.2) is 60.7 Å². The lowest BCUT2D eigenvalue weighted by Crippen LogP contribution is -2.07. The summed E-state index contributed by atoms with van der Waals surface area (Å²) in [5.74, 6) is 1.18. The van der Waals surface area contributed by atoms with Gasteiger partial charge in [0.2, 0.25) is 5.91 Å². The number of methoxy groups -OCH3 is 1. The molecule has 0 aromatic heterocycles. The number of nitrogens with one attached hydrogen (secondary N) is 2. The number of carbonyl (C=O) groups excluding carboxylic acids is 1. The fraction of sp³-hybridized carbons (Fsp3) is 0.174. The molecule has 0 fully saturated rings. The van der Waals surface area contributed by atoms with Crippen molar-refractivity contribution in [3.8, 4) is 11.5 Å². The molecular formula is C23H22Cl2N2O3. The quantitative estimate of drug-likeness (QED) is 0.437. The van der Waals surface area contributed by atoms with Gasteiger partial charge >= 0.3 is 0 Å². The van der Waals surface area contributed by atoms with Crippen LogP contribution in [0.25, 0.3) is 0 Å². The molecule has 0 aliphatic heterocycles. The topological polar surface area (TPSA) is 59.6 Å². The molecule has 0 saturated carbocycles. The Balaban J connectivity index is 1.72. The van der Waals surface area contributed by atoms with Gasteiger partial charge < -0.3 is 20.1 Å². The molecule has 3 aromatic rings. The van der Waals surface area contributed by atoms with Gasteiger partial charge in [-0.3, -0.25) is 4.79 Å². The van der Waals surface area contributed by atoms with Gasteiger partial charge in [0.25, 0.3) is 0 Å². The molecule has 0 aliphatic rings. The highest BCUT2D eigenvalue weighted by atomic mass is 35.5. The molecule has 0 atom stereocenters. The van der Waals surface area contributed by atoms with E-state index in [1.807, 2.05) is 48.5 Å². The summed E-state index contributed by atoms with van der Waals surface area (Å²) in [6.45, 7) is 2.29. The van der Waals surface area contributed by atoms with Crippen LogP contribution in [-0.4, -0.2) is 13.0 Å². The van der Waals surface area contributed by atoms with E-state index in [1.54, 1.807) is 19.2 Å². The smallest absolute Gasteiger partial charge is 0.221 e. The molecule has 156 valence electrons. The molecule has 30 heavy (non-hydrogen) atoms. The number of carbonyl (C=O) groups is 1. The van der Waals surface area contributed by atoms with Crippen LogP contribution >= 0.6 is 23.2 Å². The van der Waals surface area contributed by atoms with Crippen LogP contribution in [0.3, 0.4) is 0 Å². The van der Waals surface area contributed by atoms with Gasteiger partial charge in [0, 0.05) is 46.0 Å². The lowest BCUT2D eigenvalue weighted by molar-refractivity contribution is -0.114. The summed E-state index contributed by atoms with van der Waals surface area (Å²) in [5.41, 5.74) is 3.43. The first kappa shape index (κ1) is 21.8. The van der Waals surface area contributed by atoms with Gasteiger partial charge in [-0.2, -0.15) is 0 Å². The molecule has 0 aliphatic carbocycles. The van der Waals surface area contributed by atoms with Crippen LogP contribution in [0.4, 0.5) is 11.4 Å². The third kappa shape index (κ3) is 5.81. The highest BCUT2D eigenvalue weighted by Gasteiger charge is 2.12. The van der Waals surface area contributed by atoms with E-state index in [4.69, 9.17) is 32.7 Å². The number of hydrogen-bond donors (Lipinski definition) is 2. The van der Waals surface area contributed by atoms with E-state index in [9.17, 15) is 4.79 Å². The van der Waals surface area contributed by atoms with Gasteiger partial charge in [-0.1, -0.05) is 41.4 Å². The SMILES string of the molecule is COc1cccc(CNc2ccc(NC(C)=O)cc2)c1OCc1ccc(Cl)cc1Cl. The fourth-order valence-electron chi connectivity index (χ4n) is 2.89. The Morgan fingerprint density at radius 1 is 0.967 bits per heavy atom. The molecule has 0 heterocycles. The van der Waals surface area contributed by atoms with E-state index in [0.717, 1.165) is 22.5 Å². The maximum absolute atomic E-state index is 11.1. The summed E-state index contributed by atoms with van der Waals surface area (Å²) in [7, 11) is 1.61. The van der Waals surface area contributed by atoms with E-state index < -0.39 is 0 Å². The fourth-order valence-corrected chi connectivity index (χ4v) is 3.35. The lowest BCUT2D eigenvalue weighted by Gasteiger charge is -2.17. The first-order chi connectivity index (χ1) is 14.5. The predicted octanol–water partition coefficient (Wildman–Crippen LogP) is 6.15. The van der Waals surface area contributed by atoms with Crippen molar-refractivity contribution in [2.45, 2.75) is 20.1 Å². The largest absolute Gasteiger partial charge is 0.493 e. The second-order valence-corrected chi connectivity index (χ2v) is 7.43. The number of hydrogen-bond acceptors (Lipinski definition) is 4. The minimum Gasteiger partial charge on any atom is -0.493 e. The van der Waals surface area contributed by atoms with Crippen LogP contribution in [-0.2, 0) is 17.9 Å². The van der Waals surface area contributed by atoms with Crippen LogP contribution in [0.2, 0.25) is 10.0 Å². The Kier molecular flexibility index (Phi) is 7.44. The minimum absolute atomic E-state index is 0.102. The third-order valence-corrected chi connectivity index (χ3v) is 4.94. The van der Waals surface area contributed by atoms with Gasteiger partial charge in [0.05, 0.1) is 7.11 Å². The third-order valence-electron chi connectivity index (χ3n) is 4.36. The average Bonchev–Trinajstić information content (AvgIpc) is 2.72. The number of amides is 1. The van der Waals surface area contributed by atoms with E-state index in [2.05, 4.69) is 10.6 Å². The Labute approximate surface area is 185 Å². The number of anilines is 2. The summed E-state index contributed by atoms with van der Waals surface area (Å²) < 4.78 is 11.6. The van der Waals surface area contributed by atoms with Gasteiger partial charge in [-0.05, 0) is 42.5 Å². The molecular weight excluding hydrogens is 423 g/mol. The van der Waals surface area contributed by atoms with Gasteiger partial charge in [-0.25, -0.2) is 0 Å². The molecule has 1 amide bonds. The minimum atomic E-state index is -0.102. The monoisotopic (exact) mass is 444 g/mol. The Morgan fingerprint density at radius 3 is 2.37 bits per heavy atom. The van der Waals surface area contributed by atoms with Crippen molar-refractivity contribution in [1.29, 1.82) is 0 Å². The summed E-state index contributed by atoms with van der Waals surface area (Å²) in [5, 5.41) is 7.24. The van der Waals surface area contributed by atoms with Gasteiger partial charge in [-0.15, -0.1) is 0 Å². The van der Waals surface area contributed by atoms with Gasteiger partial charge in [0.1, 0.15) is 6.61 Å². The van der Waals surface area contributed by atoms with E-state index in [1.165, 1.54) is 6.92 Å². The van der Waals surface area contributed by atoms with Crippen LogP contribution in [0.1, 0.15) is 18.1 Å². The number of para-hydroxylation sites is 1. The van der Waals surface area contributed by atoms with Crippen molar-refractivity contribution in [3.05, 3.63) is 81.8 Å². The highest BCUT2D eigenvalue weighted by Crippen LogP contribution is 2.33. The van der Waals surface area contributed by atoms with E-state index >= 15 is 0 Å². The molecule has 3 aromatic carbocycles. The van der Waals surface area contributed by atoms with E-state index in [-0.39, 0.29) is 12.5 Å². The second-order valence-electron chi connectivity index (χ2n) is 6.59. The number of rotatable bonds is 8. The van der Waals surface area contributed by atoms with Crippen molar-refractivity contribution in [1.82, 2.24) is 0 Å². The summed E-state index contributed by atoms with van der Waals surface area (Å²) in [6.07, 6.45) is 0. The zero-order valence-electron chi connectivity index (χ0n) is 16.7. The standard InChI is InChI=1S/C23H22Cl2N2O3/c1-15(28)27-20-10-8-19(9-11-20)26-13-16-4-3-5-22(29-2)23(16)30-14-17-6-7-18(24)12-21(17)25/h3-12,26H,13-14H2,1-2H3,(H,27,28). The van der Waals surface area contributed by atoms with Crippen molar-refractivity contribution < 1.29 is 14.3 Å². The van der Waals surface area contributed by atoms with Crippen LogP contribution in [0.5, 0.6) is 11.5 Å². The van der Waals surface area contributed by atoms with Crippen molar-refractivity contribution in [3.63, 3.8) is 0 Å². The van der Waals surface area contributed by atoms with Crippen molar-refractivity contribution in [2.24, 2.45) is 0 Å².